The Kier molecular flexibility index (Phi) is 4.14. The lowest BCUT2D eigenvalue weighted by Crippen LogP contribution is -2.51. The molecule has 1 saturated heterocycles. The Morgan fingerprint density at radius 1 is 1.38 bits per heavy atom. The molecule has 0 bridgehead atoms. The van der Waals surface area contributed by atoms with Gasteiger partial charge in [-0.25, -0.2) is 5.01 Å². The molecule has 13 heavy (non-hydrogen) atoms. The average Bonchev–Trinajstić information content (AvgIpc) is 2.08. The van der Waals surface area contributed by atoms with Crippen LogP contribution in [0.25, 0.3) is 0 Å². The van der Waals surface area contributed by atoms with E-state index < -0.39 is 5.97 Å². The molecule has 0 spiro atoms. The van der Waals surface area contributed by atoms with E-state index in [1.165, 1.54) is 0 Å². The van der Waals surface area contributed by atoms with Crippen molar-refractivity contribution in [1.82, 2.24) is 15.3 Å². The highest BCUT2D eigenvalue weighted by Gasteiger charge is 2.12. The van der Waals surface area contributed by atoms with E-state index in [2.05, 4.69) is 22.4 Å². The summed E-state index contributed by atoms with van der Waals surface area (Å²) in [6, 6.07) is 0. The van der Waals surface area contributed by atoms with E-state index >= 15 is 0 Å². The molecule has 0 aliphatic carbocycles. The van der Waals surface area contributed by atoms with Gasteiger partial charge < -0.3 is 10.0 Å². The van der Waals surface area contributed by atoms with Gasteiger partial charge in [-0.1, -0.05) is 0 Å². The molecule has 0 unspecified atom stereocenters. The monoisotopic (exact) mass is 187 g/mol. The van der Waals surface area contributed by atoms with E-state index in [9.17, 15) is 4.79 Å². The second-order valence-corrected chi connectivity index (χ2v) is 3.34. The number of nitrogens with one attached hydrogen (secondary N) is 1. The minimum absolute atomic E-state index is 0.187. The first-order valence-corrected chi connectivity index (χ1v) is 4.57. The zero-order valence-electron chi connectivity index (χ0n) is 7.99. The number of likely N-dealkylation sites (N-methyl/N-ethyl adjacent to an activating group) is 1. The number of hydrogen-bond acceptors (Lipinski definition) is 4. The normalized spacial score (nSPS) is 20.4. The highest BCUT2D eigenvalue weighted by atomic mass is 16.4. The number of nitrogens with zero attached hydrogens (tertiary/aromatic N) is 2. The van der Waals surface area contributed by atoms with Gasteiger partial charge in [0.15, 0.2) is 0 Å². The fraction of sp³-hybridized carbons (Fsp3) is 0.875. The molecule has 5 heteroatoms. The van der Waals surface area contributed by atoms with E-state index in [-0.39, 0.29) is 6.42 Å². The number of hydrazine groups is 1. The third kappa shape index (κ3) is 4.21. The Hall–Kier alpha value is -0.650. The van der Waals surface area contributed by atoms with Crippen LogP contribution in [0.2, 0.25) is 0 Å². The highest BCUT2D eigenvalue weighted by molar-refractivity contribution is 5.66. The van der Waals surface area contributed by atoms with Crippen LogP contribution in [0, 0.1) is 0 Å². The summed E-state index contributed by atoms with van der Waals surface area (Å²) in [5, 5.41) is 10.5. The topological polar surface area (TPSA) is 55.8 Å². The first kappa shape index (κ1) is 10.4. The van der Waals surface area contributed by atoms with Crippen LogP contribution in [0.15, 0.2) is 0 Å². The average molecular weight is 187 g/mol. The van der Waals surface area contributed by atoms with Gasteiger partial charge in [0.1, 0.15) is 0 Å². The zero-order chi connectivity index (χ0) is 9.68. The number of carbonyl (C=O) groups is 1. The summed E-state index contributed by atoms with van der Waals surface area (Å²) >= 11 is 0. The van der Waals surface area contributed by atoms with Crippen molar-refractivity contribution in [3.63, 3.8) is 0 Å². The lowest BCUT2D eigenvalue weighted by molar-refractivity contribution is -0.137. The van der Waals surface area contributed by atoms with E-state index in [1.54, 1.807) is 0 Å². The fourth-order valence-corrected chi connectivity index (χ4v) is 1.29. The summed E-state index contributed by atoms with van der Waals surface area (Å²) in [5.74, 6) is -0.748. The van der Waals surface area contributed by atoms with E-state index in [0.717, 1.165) is 26.2 Å². The Labute approximate surface area is 78.3 Å². The molecular weight excluding hydrogens is 170 g/mol. The molecule has 2 N–H and O–H groups in total. The highest BCUT2D eigenvalue weighted by Crippen LogP contribution is 1.94. The van der Waals surface area contributed by atoms with Gasteiger partial charge in [0.2, 0.25) is 0 Å². The van der Waals surface area contributed by atoms with Crippen LogP contribution in [0.3, 0.4) is 0 Å². The molecule has 0 aromatic heterocycles. The number of carboxylic acid groups (broad SMARTS) is 1. The first-order chi connectivity index (χ1) is 6.18. The van der Waals surface area contributed by atoms with Crippen LogP contribution in [-0.4, -0.2) is 60.8 Å². The van der Waals surface area contributed by atoms with Crippen molar-refractivity contribution in [3.8, 4) is 0 Å². The number of aliphatic carboxylic acids is 1. The molecule has 1 aliphatic heterocycles. The van der Waals surface area contributed by atoms with E-state index in [4.69, 9.17) is 5.11 Å². The van der Waals surface area contributed by atoms with Gasteiger partial charge in [-0.15, -0.1) is 0 Å². The molecule has 1 fully saturated rings. The standard InChI is InChI=1S/C8H17N3O2/c1-10-4-6-11(7-5-10)9-3-2-8(12)13/h9H,2-7H2,1H3,(H,12,13). The lowest BCUT2D eigenvalue weighted by atomic mass is 10.4. The van der Waals surface area contributed by atoms with Gasteiger partial charge in [-0.2, -0.15) is 0 Å². The minimum atomic E-state index is -0.748. The molecule has 0 aromatic carbocycles. The second-order valence-electron chi connectivity index (χ2n) is 3.34. The Morgan fingerprint density at radius 3 is 2.54 bits per heavy atom. The summed E-state index contributed by atoms with van der Waals surface area (Å²) in [4.78, 5) is 12.5. The van der Waals surface area contributed by atoms with Crippen molar-refractivity contribution in [2.75, 3.05) is 39.8 Å². The second kappa shape index (κ2) is 5.16. The Morgan fingerprint density at radius 2 is 2.00 bits per heavy atom. The fourth-order valence-electron chi connectivity index (χ4n) is 1.29. The third-order valence-electron chi connectivity index (χ3n) is 2.18. The molecule has 1 aliphatic rings. The maximum absolute atomic E-state index is 10.2. The predicted octanol–water partition coefficient (Wildman–Crippen LogP) is -0.787. The minimum Gasteiger partial charge on any atom is -0.481 e. The Bertz CT molecular complexity index is 167. The van der Waals surface area contributed by atoms with Crippen molar-refractivity contribution in [3.05, 3.63) is 0 Å². The molecule has 0 aromatic rings. The van der Waals surface area contributed by atoms with Gasteiger partial charge in [0, 0.05) is 32.7 Å². The van der Waals surface area contributed by atoms with Gasteiger partial charge in [0.25, 0.3) is 0 Å². The molecule has 0 saturated carbocycles. The summed E-state index contributed by atoms with van der Waals surface area (Å²) in [5.41, 5.74) is 3.10. The molecule has 1 rings (SSSR count). The quantitative estimate of drug-likeness (QED) is 0.604. The first-order valence-electron chi connectivity index (χ1n) is 4.57. The summed E-state index contributed by atoms with van der Waals surface area (Å²) in [7, 11) is 2.09. The maximum Gasteiger partial charge on any atom is 0.304 e. The van der Waals surface area contributed by atoms with Gasteiger partial charge >= 0.3 is 5.97 Å². The van der Waals surface area contributed by atoms with Crippen LogP contribution in [0.1, 0.15) is 6.42 Å². The van der Waals surface area contributed by atoms with Crippen LogP contribution in [0.5, 0.6) is 0 Å². The lowest BCUT2D eigenvalue weighted by Gasteiger charge is -2.32. The molecule has 5 nitrogen and oxygen atoms in total. The molecule has 1 heterocycles. The van der Waals surface area contributed by atoms with E-state index in [0.29, 0.717) is 6.54 Å². The number of piperazine rings is 1. The summed E-state index contributed by atoms with van der Waals surface area (Å²) in [6.45, 7) is 4.55. The smallest absolute Gasteiger partial charge is 0.304 e. The van der Waals surface area contributed by atoms with Crippen LogP contribution in [-0.2, 0) is 4.79 Å². The van der Waals surface area contributed by atoms with Crippen molar-refractivity contribution >= 4 is 5.97 Å². The van der Waals surface area contributed by atoms with Gasteiger partial charge in [0.05, 0.1) is 6.42 Å². The molecular formula is C8H17N3O2. The third-order valence-corrected chi connectivity index (χ3v) is 2.18. The van der Waals surface area contributed by atoms with Crippen LogP contribution < -0.4 is 5.43 Å². The van der Waals surface area contributed by atoms with Crippen molar-refractivity contribution in [2.24, 2.45) is 0 Å². The molecule has 0 amide bonds. The molecule has 76 valence electrons. The largest absolute Gasteiger partial charge is 0.481 e. The summed E-state index contributed by atoms with van der Waals surface area (Å²) in [6.07, 6.45) is 0.187. The molecule has 0 atom stereocenters. The van der Waals surface area contributed by atoms with Crippen molar-refractivity contribution < 1.29 is 9.90 Å². The number of hydrogen-bond donors (Lipinski definition) is 2. The van der Waals surface area contributed by atoms with Crippen LogP contribution >= 0.6 is 0 Å². The number of carboxylic acids is 1. The van der Waals surface area contributed by atoms with Crippen molar-refractivity contribution in [2.45, 2.75) is 6.42 Å². The van der Waals surface area contributed by atoms with Crippen LogP contribution in [0.4, 0.5) is 0 Å². The predicted molar refractivity (Wildman–Crippen MR) is 49.3 cm³/mol. The SMILES string of the molecule is CN1CCN(NCCC(=O)O)CC1. The van der Waals surface area contributed by atoms with Gasteiger partial charge in [-0.3, -0.25) is 10.2 Å². The Balaban J connectivity index is 2.05. The van der Waals surface area contributed by atoms with Gasteiger partial charge in [-0.05, 0) is 7.05 Å². The zero-order valence-corrected chi connectivity index (χ0v) is 7.99. The number of rotatable bonds is 4. The summed E-state index contributed by atoms with van der Waals surface area (Å²) < 4.78 is 0. The maximum atomic E-state index is 10.2. The van der Waals surface area contributed by atoms with Crippen molar-refractivity contribution in [1.29, 1.82) is 0 Å². The molecule has 0 radical (unpaired) electrons. The van der Waals surface area contributed by atoms with E-state index in [1.807, 2.05) is 0 Å².